The van der Waals surface area contributed by atoms with Crippen LogP contribution >= 0.6 is 23.2 Å². The zero-order chi connectivity index (χ0) is 28.6. The van der Waals surface area contributed by atoms with Gasteiger partial charge in [-0.3, -0.25) is 13.9 Å². The minimum absolute atomic E-state index is 0.000548. The predicted molar refractivity (Wildman–Crippen MR) is 157 cm³/mol. The van der Waals surface area contributed by atoms with Crippen molar-refractivity contribution in [1.29, 1.82) is 0 Å². The molecule has 0 bridgehead atoms. The van der Waals surface area contributed by atoms with Crippen LogP contribution in [-0.2, 0) is 26.2 Å². The average Bonchev–Trinajstić information content (AvgIpc) is 2.91. The van der Waals surface area contributed by atoms with E-state index in [1.165, 1.54) is 35.2 Å². The van der Waals surface area contributed by atoms with Gasteiger partial charge in [-0.25, -0.2) is 8.42 Å². The first-order valence-electron chi connectivity index (χ1n) is 12.7. The van der Waals surface area contributed by atoms with E-state index < -0.39 is 28.5 Å². The molecule has 3 rings (SSSR count). The summed E-state index contributed by atoms with van der Waals surface area (Å²) in [5.41, 5.74) is 1.92. The van der Waals surface area contributed by atoms with Crippen LogP contribution in [0.5, 0.6) is 0 Å². The fraction of sp³-hybridized carbons (Fsp3) is 0.310. The molecular weight excluding hydrogens is 557 g/mol. The van der Waals surface area contributed by atoms with Crippen molar-refractivity contribution in [1.82, 2.24) is 10.2 Å². The molecule has 0 aliphatic carbocycles. The van der Waals surface area contributed by atoms with Gasteiger partial charge < -0.3 is 10.2 Å². The highest BCUT2D eigenvalue weighted by Crippen LogP contribution is 2.33. The first-order valence-corrected chi connectivity index (χ1v) is 14.9. The topological polar surface area (TPSA) is 86.8 Å². The Hall–Kier alpha value is -3.07. The number of hydrogen-bond donors (Lipinski definition) is 1. The maximum Gasteiger partial charge on any atom is 0.264 e. The van der Waals surface area contributed by atoms with Gasteiger partial charge in [-0.05, 0) is 56.2 Å². The second-order valence-electron chi connectivity index (χ2n) is 9.25. The van der Waals surface area contributed by atoms with Crippen molar-refractivity contribution in [3.63, 3.8) is 0 Å². The minimum atomic E-state index is -4.20. The van der Waals surface area contributed by atoms with Gasteiger partial charge in [-0.1, -0.05) is 84.6 Å². The smallest absolute Gasteiger partial charge is 0.264 e. The average molecular weight is 591 g/mol. The number of rotatable bonds is 12. The molecule has 0 heterocycles. The lowest BCUT2D eigenvalue weighted by Gasteiger charge is -2.32. The molecule has 0 saturated carbocycles. The zero-order valence-corrected chi connectivity index (χ0v) is 24.6. The summed E-state index contributed by atoms with van der Waals surface area (Å²) < 4.78 is 28.6. The van der Waals surface area contributed by atoms with Crippen LogP contribution < -0.4 is 9.62 Å². The predicted octanol–water partition coefficient (Wildman–Crippen LogP) is 5.83. The van der Waals surface area contributed by atoms with Gasteiger partial charge >= 0.3 is 0 Å². The number of carbonyl (C=O) groups excluding carboxylic acids is 2. The lowest BCUT2D eigenvalue weighted by atomic mass is 10.1. The van der Waals surface area contributed by atoms with Gasteiger partial charge in [0, 0.05) is 18.1 Å². The van der Waals surface area contributed by atoms with E-state index in [4.69, 9.17) is 23.2 Å². The van der Waals surface area contributed by atoms with Crippen LogP contribution in [0, 0.1) is 6.92 Å². The Balaban J connectivity index is 2.02. The summed E-state index contributed by atoms with van der Waals surface area (Å²) in [6.45, 7) is 5.63. The molecular formula is C29H33Cl2N3O4S. The molecule has 0 fully saturated rings. The standard InChI is InChI=1S/C29H33Cl2N3O4S/c1-4-5-16-32-29(36)22(3)33(19-23-11-9-10-21(2)17-23)28(35)20-34(27-15-14-24(30)18-26(27)31)39(37,38)25-12-7-6-8-13-25/h6-15,17-18,22H,4-5,16,19-20H2,1-3H3,(H,32,36)/t22-/m1/s1. The fourth-order valence-electron chi connectivity index (χ4n) is 4.04. The molecule has 0 unspecified atom stereocenters. The SMILES string of the molecule is CCCCNC(=O)[C@@H](C)N(Cc1cccc(C)c1)C(=O)CN(c1ccc(Cl)cc1Cl)S(=O)(=O)c1ccccc1. The summed E-state index contributed by atoms with van der Waals surface area (Å²) in [6.07, 6.45) is 1.72. The number of sulfonamides is 1. The van der Waals surface area contributed by atoms with Crippen molar-refractivity contribution in [2.75, 3.05) is 17.4 Å². The monoisotopic (exact) mass is 589 g/mol. The molecule has 0 aliphatic heterocycles. The molecule has 0 saturated heterocycles. The highest BCUT2D eigenvalue weighted by Gasteiger charge is 2.33. The molecule has 3 aromatic carbocycles. The molecule has 7 nitrogen and oxygen atoms in total. The number of unbranched alkanes of at least 4 members (excludes halogenated alkanes) is 1. The van der Waals surface area contributed by atoms with Gasteiger partial charge in [0.1, 0.15) is 12.6 Å². The van der Waals surface area contributed by atoms with E-state index in [2.05, 4.69) is 5.32 Å². The zero-order valence-electron chi connectivity index (χ0n) is 22.2. The van der Waals surface area contributed by atoms with Crippen LogP contribution in [0.1, 0.15) is 37.8 Å². The van der Waals surface area contributed by atoms with Crippen LogP contribution in [0.25, 0.3) is 0 Å². The highest BCUT2D eigenvalue weighted by molar-refractivity contribution is 7.92. The number of carbonyl (C=O) groups is 2. The van der Waals surface area contributed by atoms with Gasteiger partial charge in [-0.15, -0.1) is 0 Å². The van der Waals surface area contributed by atoms with Gasteiger partial charge in [0.05, 0.1) is 15.6 Å². The third kappa shape index (κ3) is 7.97. The van der Waals surface area contributed by atoms with Gasteiger partial charge in [0.2, 0.25) is 11.8 Å². The summed E-state index contributed by atoms with van der Waals surface area (Å²) in [7, 11) is -4.20. The Kier molecular flexibility index (Phi) is 10.8. The van der Waals surface area contributed by atoms with Crippen molar-refractivity contribution in [3.8, 4) is 0 Å². The molecule has 3 aromatic rings. The molecule has 1 N–H and O–H groups in total. The third-order valence-electron chi connectivity index (χ3n) is 6.22. The van der Waals surface area contributed by atoms with Crippen molar-refractivity contribution in [2.45, 2.75) is 51.1 Å². The lowest BCUT2D eigenvalue weighted by molar-refractivity contribution is -0.139. The van der Waals surface area contributed by atoms with Gasteiger partial charge in [0.15, 0.2) is 0 Å². The number of halogens is 2. The molecule has 0 aliphatic rings. The number of nitrogens with one attached hydrogen (secondary N) is 1. The van der Waals surface area contributed by atoms with Crippen molar-refractivity contribution >= 4 is 50.7 Å². The molecule has 1 atom stereocenters. The normalized spacial score (nSPS) is 12.0. The van der Waals surface area contributed by atoms with E-state index in [1.807, 2.05) is 38.1 Å². The number of benzene rings is 3. The van der Waals surface area contributed by atoms with Crippen LogP contribution in [-0.4, -0.2) is 44.3 Å². The van der Waals surface area contributed by atoms with Gasteiger partial charge in [0.25, 0.3) is 10.0 Å². The maximum absolute atomic E-state index is 13.9. The second-order valence-corrected chi connectivity index (χ2v) is 12.0. The first-order chi connectivity index (χ1) is 18.5. The van der Waals surface area contributed by atoms with E-state index in [-0.39, 0.29) is 28.1 Å². The summed E-state index contributed by atoms with van der Waals surface area (Å²) in [5, 5.41) is 3.27. The molecule has 0 aromatic heterocycles. The lowest BCUT2D eigenvalue weighted by Crippen LogP contribution is -2.51. The summed E-state index contributed by atoms with van der Waals surface area (Å²) >= 11 is 12.5. The maximum atomic E-state index is 13.9. The molecule has 2 amide bonds. The number of hydrogen-bond acceptors (Lipinski definition) is 4. The summed E-state index contributed by atoms with van der Waals surface area (Å²) in [6, 6.07) is 18.9. The molecule has 10 heteroatoms. The van der Waals surface area contributed by atoms with Crippen molar-refractivity contribution < 1.29 is 18.0 Å². The highest BCUT2D eigenvalue weighted by atomic mass is 35.5. The van der Waals surface area contributed by atoms with Crippen LogP contribution in [0.2, 0.25) is 10.0 Å². The first kappa shape index (κ1) is 30.5. The molecule has 0 spiro atoms. The Labute approximate surface area is 240 Å². The molecule has 39 heavy (non-hydrogen) atoms. The Bertz CT molecular complexity index is 1400. The van der Waals surface area contributed by atoms with E-state index in [0.29, 0.717) is 11.6 Å². The molecule has 208 valence electrons. The van der Waals surface area contributed by atoms with Crippen LogP contribution in [0.15, 0.2) is 77.7 Å². The number of amides is 2. The number of anilines is 1. The van der Waals surface area contributed by atoms with Crippen LogP contribution in [0.3, 0.4) is 0 Å². The Morgan fingerprint density at radius 3 is 2.33 bits per heavy atom. The quantitative estimate of drug-likeness (QED) is 0.269. The van der Waals surface area contributed by atoms with Gasteiger partial charge in [-0.2, -0.15) is 0 Å². The van der Waals surface area contributed by atoms with E-state index in [1.54, 1.807) is 25.1 Å². The van der Waals surface area contributed by atoms with Crippen molar-refractivity contribution in [2.24, 2.45) is 0 Å². The number of aryl methyl sites for hydroxylation is 1. The van der Waals surface area contributed by atoms with E-state index in [9.17, 15) is 18.0 Å². The summed E-state index contributed by atoms with van der Waals surface area (Å²) in [4.78, 5) is 28.3. The molecule has 0 radical (unpaired) electrons. The summed E-state index contributed by atoms with van der Waals surface area (Å²) in [5.74, 6) is -0.869. The van der Waals surface area contributed by atoms with Crippen LogP contribution in [0.4, 0.5) is 5.69 Å². The Morgan fingerprint density at radius 1 is 0.974 bits per heavy atom. The number of nitrogens with zero attached hydrogens (tertiary/aromatic N) is 2. The van der Waals surface area contributed by atoms with E-state index in [0.717, 1.165) is 28.3 Å². The largest absolute Gasteiger partial charge is 0.354 e. The van der Waals surface area contributed by atoms with E-state index >= 15 is 0 Å². The Morgan fingerprint density at radius 2 is 1.69 bits per heavy atom. The van der Waals surface area contributed by atoms with Crippen molar-refractivity contribution in [3.05, 3.63) is 94.0 Å². The fourth-order valence-corrected chi connectivity index (χ4v) is 6.06. The third-order valence-corrected chi connectivity index (χ3v) is 8.53. The minimum Gasteiger partial charge on any atom is -0.354 e. The second kappa shape index (κ2) is 13.8.